The lowest BCUT2D eigenvalue weighted by atomic mass is 9.89. The van der Waals surface area contributed by atoms with Crippen molar-refractivity contribution in [1.29, 1.82) is 0 Å². The van der Waals surface area contributed by atoms with Gasteiger partial charge in [0.1, 0.15) is 5.75 Å². The predicted molar refractivity (Wildman–Crippen MR) is 85.4 cm³/mol. The van der Waals surface area contributed by atoms with Crippen LogP contribution in [0.3, 0.4) is 0 Å². The van der Waals surface area contributed by atoms with Crippen LogP contribution in [-0.4, -0.2) is 19.7 Å². The van der Waals surface area contributed by atoms with Crippen LogP contribution in [0.15, 0.2) is 53.0 Å². The second-order valence-electron chi connectivity index (χ2n) is 5.18. The van der Waals surface area contributed by atoms with Gasteiger partial charge in [0.15, 0.2) is 0 Å². The van der Waals surface area contributed by atoms with Gasteiger partial charge in [-0.05, 0) is 37.2 Å². The molecular weight excluding hydrogens is 314 g/mol. The average Bonchev–Trinajstić information content (AvgIpc) is 2.89. The molecule has 20 heavy (non-hydrogen) atoms. The topological polar surface area (TPSA) is 21.3 Å². The van der Waals surface area contributed by atoms with Gasteiger partial charge in [0.25, 0.3) is 0 Å². The first-order valence-corrected chi connectivity index (χ1v) is 7.70. The van der Waals surface area contributed by atoms with Crippen molar-refractivity contribution in [2.45, 2.75) is 18.4 Å². The van der Waals surface area contributed by atoms with Crippen LogP contribution in [0.4, 0.5) is 0 Å². The number of para-hydroxylation sites is 1. The summed E-state index contributed by atoms with van der Waals surface area (Å²) in [6, 6.07) is 17.3. The van der Waals surface area contributed by atoms with Crippen molar-refractivity contribution < 1.29 is 4.74 Å². The highest BCUT2D eigenvalue weighted by molar-refractivity contribution is 9.10. The minimum Gasteiger partial charge on any atom is -0.493 e. The fraction of sp³-hybridized carbons (Fsp3) is 0.294. The monoisotopic (exact) mass is 331 g/mol. The fourth-order valence-corrected chi connectivity index (χ4v) is 3.33. The van der Waals surface area contributed by atoms with Crippen molar-refractivity contribution in [3.8, 4) is 5.75 Å². The molecule has 0 bridgehead atoms. The lowest BCUT2D eigenvalue weighted by Crippen LogP contribution is -2.35. The Hall–Kier alpha value is -1.32. The van der Waals surface area contributed by atoms with E-state index in [0.717, 1.165) is 23.2 Å². The van der Waals surface area contributed by atoms with Crippen LogP contribution < -0.4 is 10.1 Å². The van der Waals surface area contributed by atoms with Gasteiger partial charge in [-0.3, -0.25) is 0 Å². The molecule has 2 aromatic carbocycles. The summed E-state index contributed by atoms with van der Waals surface area (Å²) in [5.74, 6) is 1.45. The van der Waals surface area contributed by atoms with Gasteiger partial charge >= 0.3 is 0 Å². The Morgan fingerprint density at radius 3 is 2.90 bits per heavy atom. The van der Waals surface area contributed by atoms with Crippen LogP contribution in [0.5, 0.6) is 5.75 Å². The molecule has 3 heteroatoms. The summed E-state index contributed by atoms with van der Waals surface area (Å²) in [4.78, 5) is 0. The summed E-state index contributed by atoms with van der Waals surface area (Å²) >= 11 is 3.54. The van der Waals surface area contributed by atoms with Crippen molar-refractivity contribution in [2.24, 2.45) is 0 Å². The summed E-state index contributed by atoms with van der Waals surface area (Å²) in [6.45, 7) is 0.763. The molecule has 0 aliphatic carbocycles. The number of nitrogens with one attached hydrogen (secondary N) is 1. The Labute approximate surface area is 128 Å². The maximum atomic E-state index is 5.81. The van der Waals surface area contributed by atoms with Gasteiger partial charge < -0.3 is 10.1 Å². The zero-order chi connectivity index (χ0) is 13.9. The molecule has 1 heterocycles. The van der Waals surface area contributed by atoms with Crippen molar-refractivity contribution in [2.75, 3.05) is 13.7 Å². The second-order valence-corrected chi connectivity index (χ2v) is 6.10. The Kier molecular flexibility index (Phi) is 4.08. The van der Waals surface area contributed by atoms with Crippen molar-refractivity contribution in [3.05, 3.63) is 64.1 Å². The van der Waals surface area contributed by atoms with Crippen LogP contribution in [0.1, 0.15) is 17.0 Å². The highest BCUT2D eigenvalue weighted by Crippen LogP contribution is 2.36. The minimum absolute atomic E-state index is 0.382. The molecule has 2 atom stereocenters. The van der Waals surface area contributed by atoms with E-state index < -0.39 is 0 Å². The lowest BCUT2D eigenvalue weighted by molar-refractivity contribution is 0.302. The molecule has 2 unspecified atom stereocenters. The Morgan fingerprint density at radius 1 is 1.25 bits per heavy atom. The molecule has 1 N–H and O–H groups in total. The summed E-state index contributed by atoms with van der Waals surface area (Å²) < 4.78 is 6.94. The number of fused-ring (bicyclic) bond motifs is 1. The van der Waals surface area contributed by atoms with E-state index in [0.29, 0.717) is 12.0 Å². The maximum absolute atomic E-state index is 5.81. The predicted octanol–water partition coefficient (Wildman–Crippen LogP) is 3.76. The zero-order valence-electron chi connectivity index (χ0n) is 11.5. The average molecular weight is 332 g/mol. The molecule has 0 amide bonds. The quantitative estimate of drug-likeness (QED) is 0.921. The Bertz CT molecular complexity index is 599. The number of halogens is 1. The molecule has 3 rings (SSSR count). The highest BCUT2D eigenvalue weighted by Gasteiger charge is 2.30. The largest absolute Gasteiger partial charge is 0.493 e. The summed E-state index contributed by atoms with van der Waals surface area (Å²) in [6.07, 6.45) is 0.998. The van der Waals surface area contributed by atoms with Crippen LogP contribution in [0.2, 0.25) is 0 Å². The maximum Gasteiger partial charge on any atom is 0.122 e. The fourth-order valence-electron chi connectivity index (χ4n) is 2.88. The molecule has 1 aliphatic heterocycles. The van der Waals surface area contributed by atoms with Crippen molar-refractivity contribution >= 4 is 15.9 Å². The van der Waals surface area contributed by atoms with Gasteiger partial charge in [0.05, 0.1) is 6.61 Å². The number of benzene rings is 2. The van der Waals surface area contributed by atoms with E-state index in [9.17, 15) is 0 Å². The SMILES string of the molecule is CNC(Cc1cccc(Br)c1)C1COc2ccccc21. The normalized spacial score (nSPS) is 18.4. The number of hydrogen-bond acceptors (Lipinski definition) is 2. The zero-order valence-corrected chi connectivity index (χ0v) is 13.1. The molecule has 1 aliphatic rings. The molecule has 2 nitrogen and oxygen atoms in total. The first-order valence-electron chi connectivity index (χ1n) is 6.91. The van der Waals surface area contributed by atoms with Gasteiger partial charge in [0.2, 0.25) is 0 Å². The van der Waals surface area contributed by atoms with E-state index in [-0.39, 0.29) is 0 Å². The van der Waals surface area contributed by atoms with Crippen LogP contribution in [-0.2, 0) is 6.42 Å². The Morgan fingerprint density at radius 2 is 2.10 bits per heavy atom. The van der Waals surface area contributed by atoms with Crippen molar-refractivity contribution in [3.63, 3.8) is 0 Å². The van der Waals surface area contributed by atoms with E-state index in [1.165, 1.54) is 11.1 Å². The van der Waals surface area contributed by atoms with Crippen LogP contribution in [0.25, 0.3) is 0 Å². The van der Waals surface area contributed by atoms with E-state index in [1.807, 2.05) is 13.1 Å². The summed E-state index contributed by atoms with van der Waals surface area (Å²) in [7, 11) is 2.03. The molecule has 0 saturated heterocycles. The van der Waals surface area contributed by atoms with Crippen LogP contribution in [0, 0.1) is 0 Å². The highest BCUT2D eigenvalue weighted by atomic mass is 79.9. The molecule has 2 aromatic rings. The van der Waals surface area contributed by atoms with Crippen molar-refractivity contribution in [1.82, 2.24) is 5.32 Å². The third kappa shape index (κ3) is 2.74. The molecule has 0 saturated carbocycles. The van der Waals surface area contributed by atoms with E-state index in [1.54, 1.807) is 0 Å². The summed E-state index contributed by atoms with van der Waals surface area (Å²) in [5.41, 5.74) is 2.66. The molecule has 104 valence electrons. The first kappa shape index (κ1) is 13.7. The molecule has 0 fully saturated rings. The van der Waals surface area contributed by atoms with Gasteiger partial charge in [-0.2, -0.15) is 0 Å². The molecule has 0 radical (unpaired) electrons. The summed E-state index contributed by atoms with van der Waals surface area (Å²) in [5, 5.41) is 3.46. The van der Waals surface area contributed by atoms with Gasteiger partial charge in [-0.15, -0.1) is 0 Å². The van der Waals surface area contributed by atoms with Gasteiger partial charge in [-0.25, -0.2) is 0 Å². The third-order valence-electron chi connectivity index (χ3n) is 3.94. The van der Waals surface area contributed by atoms with E-state index >= 15 is 0 Å². The number of rotatable bonds is 4. The lowest BCUT2D eigenvalue weighted by Gasteiger charge is -2.22. The first-order chi connectivity index (χ1) is 9.78. The molecule has 0 aromatic heterocycles. The van der Waals surface area contributed by atoms with E-state index in [4.69, 9.17) is 4.74 Å². The number of ether oxygens (including phenoxy) is 1. The number of likely N-dealkylation sites (N-methyl/N-ethyl adjacent to an activating group) is 1. The number of hydrogen-bond donors (Lipinski definition) is 1. The van der Waals surface area contributed by atoms with Gasteiger partial charge in [-0.1, -0.05) is 46.3 Å². The standard InChI is InChI=1S/C17H18BrNO/c1-19-16(10-12-5-4-6-13(18)9-12)15-11-20-17-8-3-2-7-14(15)17/h2-9,15-16,19H,10-11H2,1H3. The smallest absolute Gasteiger partial charge is 0.122 e. The molecule has 0 spiro atoms. The molecular formula is C17H18BrNO. The Balaban J connectivity index is 1.81. The minimum atomic E-state index is 0.382. The second kappa shape index (κ2) is 5.98. The third-order valence-corrected chi connectivity index (χ3v) is 4.43. The van der Waals surface area contributed by atoms with Crippen LogP contribution >= 0.6 is 15.9 Å². The van der Waals surface area contributed by atoms with E-state index in [2.05, 4.69) is 63.7 Å². The van der Waals surface area contributed by atoms with Gasteiger partial charge in [0, 0.05) is 22.0 Å².